The summed E-state index contributed by atoms with van der Waals surface area (Å²) in [6.45, 7) is 1.60. The second-order valence-corrected chi connectivity index (χ2v) is 5.61. The van der Waals surface area contributed by atoms with Gasteiger partial charge in [-0.1, -0.05) is 23.9 Å². The maximum absolute atomic E-state index is 12.8. The summed E-state index contributed by atoms with van der Waals surface area (Å²) < 4.78 is 12.8. The van der Waals surface area contributed by atoms with Crippen molar-refractivity contribution in [1.29, 1.82) is 0 Å². The van der Waals surface area contributed by atoms with E-state index in [2.05, 4.69) is 4.99 Å². The van der Waals surface area contributed by atoms with Crippen LogP contribution in [0.25, 0.3) is 0 Å². The summed E-state index contributed by atoms with van der Waals surface area (Å²) in [7, 11) is 0. The maximum atomic E-state index is 12.8. The molecular weight excluding hydrogens is 251 g/mol. The first-order chi connectivity index (χ1) is 8.74. The van der Waals surface area contributed by atoms with Crippen molar-refractivity contribution in [2.24, 2.45) is 4.99 Å². The first-order valence-electron chi connectivity index (χ1n) is 6.01. The van der Waals surface area contributed by atoms with Crippen molar-refractivity contribution in [3.05, 3.63) is 35.6 Å². The van der Waals surface area contributed by atoms with Gasteiger partial charge in [0.15, 0.2) is 5.17 Å². The molecule has 0 aliphatic carbocycles. The topological polar surface area (TPSA) is 32.7 Å². The van der Waals surface area contributed by atoms with Gasteiger partial charge in [-0.15, -0.1) is 0 Å². The minimum atomic E-state index is -0.244. The van der Waals surface area contributed by atoms with Gasteiger partial charge in [0.25, 0.3) is 0 Å². The third kappa shape index (κ3) is 2.14. The number of rotatable bonds is 2. The molecule has 2 aliphatic rings. The van der Waals surface area contributed by atoms with Gasteiger partial charge in [-0.25, -0.2) is 4.39 Å². The smallest absolute Gasteiger partial charge is 0.242 e. The summed E-state index contributed by atoms with van der Waals surface area (Å²) in [5.41, 5.74) is 0.989. The van der Waals surface area contributed by atoms with E-state index >= 15 is 0 Å². The van der Waals surface area contributed by atoms with Crippen molar-refractivity contribution in [1.82, 2.24) is 4.90 Å². The molecule has 2 aliphatic heterocycles. The van der Waals surface area contributed by atoms with Gasteiger partial charge in [0.2, 0.25) is 5.91 Å². The number of carbonyl (C=O) groups is 1. The van der Waals surface area contributed by atoms with Crippen molar-refractivity contribution in [3.8, 4) is 0 Å². The molecule has 1 amide bonds. The van der Waals surface area contributed by atoms with Crippen LogP contribution in [0.15, 0.2) is 29.3 Å². The number of thioether (sulfide) groups is 1. The molecule has 0 aromatic heterocycles. The third-order valence-electron chi connectivity index (χ3n) is 3.14. The molecule has 2 heterocycles. The molecule has 94 valence electrons. The zero-order valence-corrected chi connectivity index (χ0v) is 10.6. The lowest BCUT2D eigenvalue weighted by Gasteiger charge is -2.19. The number of halogens is 1. The van der Waals surface area contributed by atoms with E-state index in [-0.39, 0.29) is 17.0 Å². The molecule has 18 heavy (non-hydrogen) atoms. The molecule has 0 saturated carbocycles. The number of amides is 1. The number of benzene rings is 1. The van der Waals surface area contributed by atoms with Crippen LogP contribution in [0.2, 0.25) is 0 Å². The van der Waals surface area contributed by atoms with E-state index in [1.54, 1.807) is 17.0 Å². The lowest BCUT2D eigenvalue weighted by atomic mass is 10.1. The van der Waals surface area contributed by atoms with Crippen molar-refractivity contribution in [2.45, 2.75) is 18.1 Å². The number of hydrogen-bond donors (Lipinski definition) is 0. The largest absolute Gasteiger partial charge is 0.291 e. The van der Waals surface area contributed by atoms with E-state index in [0.29, 0.717) is 6.42 Å². The highest BCUT2D eigenvalue weighted by Gasteiger charge is 2.38. The van der Waals surface area contributed by atoms with Crippen LogP contribution in [0, 0.1) is 5.82 Å². The van der Waals surface area contributed by atoms with Crippen LogP contribution in [0.3, 0.4) is 0 Å². The second kappa shape index (κ2) is 4.72. The van der Waals surface area contributed by atoms with E-state index in [1.807, 2.05) is 0 Å². The minimum Gasteiger partial charge on any atom is -0.291 e. The van der Waals surface area contributed by atoms with Crippen molar-refractivity contribution in [3.63, 3.8) is 0 Å². The van der Waals surface area contributed by atoms with Gasteiger partial charge in [0.1, 0.15) is 5.82 Å². The molecule has 1 fully saturated rings. The molecule has 0 unspecified atom stereocenters. The fraction of sp³-hybridized carbons (Fsp3) is 0.385. The minimum absolute atomic E-state index is 0.104. The van der Waals surface area contributed by atoms with Gasteiger partial charge in [0, 0.05) is 13.1 Å². The van der Waals surface area contributed by atoms with Crippen LogP contribution >= 0.6 is 11.8 Å². The summed E-state index contributed by atoms with van der Waals surface area (Å²) in [5, 5.41) is 0.755. The van der Waals surface area contributed by atoms with Crippen LogP contribution in [-0.2, 0) is 11.2 Å². The standard InChI is InChI=1S/C13H13FN2OS/c14-10-4-2-9(3-5-10)8-11-12(17)16-7-1-6-15-13(16)18-11/h2-5,11H,1,6-8H2/t11-/m1/s1. The Hall–Kier alpha value is -1.36. The monoisotopic (exact) mass is 264 g/mol. The van der Waals surface area contributed by atoms with Gasteiger partial charge in [-0.2, -0.15) is 0 Å². The van der Waals surface area contributed by atoms with E-state index in [0.717, 1.165) is 30.2 Å². The third-order valence-corrected chi connectivity index (χ3v) is 4.35. The van der Waals surface area contributed by atoms with Gasteiger partial charge < -0.3 is 0 Å². The Morgan fingerprint density at radius 2 is 2.17 bits per heavy atom. The number of hydrogen-bond acceptors (Lipinski definition) is 3. The van der Waals surface area contributed by atoms with Gasteiger partial charge in [-0.3, -0.25) is 14.7 Å². The molecular formula is C13H13FN2OS. The fourth-order valence-corrected chi connectivity index (χ4v) is 3.44. The van der Waals surface area contributed by atoms with Gasteiger partial charge in [0.05, 0.1) is 5.25 Å². The van der Waals surface area contributed by atoms with E-state index in [9.17, 15) is 9.18 Å². The normalized spacial score (nSPS) is 22.9. The molecule has 3 nitrogen and oxygen atoms in total. The zero-order chi connectivity index (χ0) is 12.5. The first-order valence-corrected chi connectivity index (χ1v) is 6.89. The summed E-state index contributed by atoms with van der Waals surface area (Å²) >= 11 is 1.53. The predicted molar refractivity (Wildman–Crippen MR) is 70.1 cm³/mol. The summed E-state index contributed by atoms with van der Waals surface area (Å²) in [4.78, 5) is 18.3. The number of nitrogens with zero attached hydrogens (tertiary/aromatic N) is 2. The van der Waals surface area contributed by atoms with E-state index < -0.39 is 0 Å². The van der Waals surface area contributed by atoms with Crippen LogP contribution in [0.1, 0.15) is 12.0 Å². The summed E-state index contributed by atoms with van der Waals surface area (Å²) in [5.74, 6) is -0.103. The highest BCUT2D eigenvalue weighted by Crippen LogP contribution is 2.31. The molecule has 1 aromatic rings. The highest BCUT2D eigenvalue weighted by atomic mass is 32.2. The van der Waals surface area contributed by atoms with Crippen molar-refractivity contribution in [2.75, 3.05) is 13.1 Å². The Balaban J connectivity index is 1.74. The Bertz CT molecular complexity index is 500. The number of fused-ring (bicyclic) bond motifs is 1. The molecule has 1 saturated heterocycles. The van der Waals surface area contributed by atoms with Crippen molar-refractivity contribution >= 4 is 22.8 Å². The molecule has 0 radical (unpaired) electrons. The Morgan fingerprint density at radius 1 is 1.39 bits per heavy atom. The highest BCUT2D eigenvalue weighted by molar-refractivity contribution is 8.15. The Labute approximate surface area is 109 Å². The molecule has 0 bridgehead atoms. The zero-order valence-electron chi connectivity index (χ0n) is 9.80. The molecule has 3 rings (SSSR count). The molecule has 5 heteroatoms. The summed E-state index contributed by atoms with van der Waals surface area (Å²) in [6, 6.07) is 6.35. The average Bonchev–Trinajstić information content (AvgIpc) is 2.70. The quantitative estimate of drug-likeness (QED) is 0.819. The average molecular weight is 264 g/mol. The van der Waals surface area contributed by atoms with Gasteiger partial charge >= 0.3 is 0 Å². The Morgan fingerprint density at radius 3 is 2.89 bits per heavy atom. The molecule has 1 aromatic carbocycles. The lowest BCUT2D eigenvalue weighted by molar-refractivity contribution is -0.126. The number of aliphatic imine (C=N–C) groups is 1. The second-order valence-electron chi connectivity index (χ2n) is 4.44. The number of carbonyl (C=O) groups excluding carboxylic acids is 1. The SMILES string of the molecule is O=C1[C@@H](Cc2ccc(F)cc2)SC2=NCCCN12. The van der Waals surface area contributed by atoms with E-state index in [1.165, 1.54) is 23.9 Å². The molecule has 1 atom stereocenters. The first kappa shape index (κ1) is 11.7. The number of amidine groups is 1. The lowest BCUT2D eigenvalue weighted by Crippen LogP contribution is -2.36. The van der Waals surface area contributed by atoms with Gasteiger partial charge in [-0.05, 0) is 30.5 Å². The molecule has 0 N–H and O–H groups in total. The van der Waals surface area contributed by atoms with Crippen LogP contribution in [-0.4, -0.2) is 34.3 Å². The predicted octanol–water partition coefficient (Wildman–Crippen LogP) is 2.07. The maximum Gasteiger partial charge on any atom is 0.242 e. The van der Waals surface area contributed by atoms with E-state index in [4.69, 9.17) is 0 Å². The van der Waals surface area contributed by atoms with Crippen molar-refractivity contribution < 1.29 is 9.18 Å². The van der Waals surface area contributed by atoms with Crippen LogP contribution in [0.5, 0.6) is 0 Å². The summed E-state index contributed by atoms with van der Waals surface area (Å²) in [6.07, 6.45) is 1.58. The molecule has 0 spiro atoms. The van der Waals surface area contributed by atoms with Crippen LogP contribution < -0.4 is 0 Å². The fourth-order valence-electron chi connectivity index (χ4n) is 2.20. The van der Waals surface area contributed by atoms with Crippen LogP contribution in [0.4, 0.5) is 4.39 Å². The Kier molecular flexibility index (Phi) is 3.07.